The summed E-state index contributed by atoms with van der Waals surface area (Å²) in [7, 11) is 1.31. The second-order valence-electron chi connectivity index (χ2n) is 12.4. The Balaban J connectivity index is 1.32. The highest BCUT2D eigenvalue weighted by atomic mass is 16.7. The number of methoxy groups -OCH3 is 1. The number of amides is 2. The van der Waals surface area contributed by atoms with Crippen LogP contribution in [0.1, 0.15) is 73.7 Å². The average Bonchev–Trinajstić information content (AvgIpc) is 3.06. The number of carbonyl (C=O) groups is 2. The highest BCUT2D eigenvalue weighted by molar-refractivity contribution is 5.92. The third-order valence-corrected chi connectivity index (χ3v) is 9.00. The Bertz CT molecular complexity index is 1390. The highest BCUT2D eigenvalue weighted by Crippen LogP contribution is 2.42. The van der Waals surface area contributed by atoms with Gasteiger partial charge in [-0.15, -0.1) is 0 Å². The van der Waals surface area contributed by atoms with Crippen LogP contribution in [0.15, 0.2) is 78.9 Å². The molecule has 9 nitrogen and oxygen atoms in total. The van der Waals surface area contributed by atoms with E-state index in [0.717, 1.165) is 41.9 Å². The third kappa shape index (κ3) is 9.16. The second-order valence-corrected chi connectivity index (χ2v) is 12.4. The number of aliphatic hydroxyl groups is 1. The van der Waals surface area contributed by atoms with E-state index in [-0.39, 0.29) is 24.7 Å². The van der Waals surface area contributed by atoms with Crippen LogP contribution in [0.2, 0.25) is 0 Å². The van der Waals surface area contributed by atoms with Crippen molar-refractivity contribution in [2.24, 2.45) is 5.92 Å². The predicted octanol–water partition coefficient (Wildman–Crippen LogP) is 6.14. The van der Waals surface area contributed by atoms with E-state index in [1.54, 1.807) is 6.07 Å². The Labute approximate surface area is 272 Å². The maximum absolute atomic E-state index is 13.1. The fourth-order valence-corrected chi connectivity index (χ4v) is 6.35. The molecule has 2 amide bonds. The summed E-state index contributed by atoms with van der Waals surface area (Å²) in [5.41, 5.74) is 4.14. The molecule has 2 aliphatic rings. The first-order valence-electron chi connectivity index (χ1n) is 16.5. The first-order valence-corrected chi connectivity index (χ1v) is 16.5. The molecule has 46 heavy (non-hydrogen) atoms. The Morgan fingerprint density at radius 1 is 0.891 bits per heavy atom. The molecular weight excluding hydrogens is 582 g/mol. The summed E-state index contributed by atoms with van der Waals surface area (Å²) < 4.78 is 18.3. The van der Waals surface area contributed by atoms with E-state index in [9.17, 15) is 14.7 Å². The molecule has 2 fully saturated rings. The lowest BCUT2D eigenvalue weighted by Gasteiger charge is -2.43. The fourth-order valence-electron chi connectivity index (χ4n) is 6.35. The monoisotopic (exact) mass is 629 g/mol. The summed E-state index contributed by atoms with van der Waals surface area (Å²) >= 11 is 0. The van der Waals surface area contributed by atoms with Gasteiger partial charge in [-0.05, 0) is 54.8 Å². The lowest BCUT2D eigenvalue weighted by atomic mass is 9.89. The molecule has 2 saturated heterocycles. The van der Waals surface area contributed by atoms with Crippen molar-refractivity contribution in [3.63, 3.8) is 0 Å². The molecule has 0 bridgehead atoms. The van der Waals surface area contributed by atoms with Gasteiger partial charge in [0.1, 0.15) is 6.04 Å². The number of hydrogen-bond donors (Lipinski definition) is 3. The summed E-state index contributed by atoms with van der Waals surface area (Å²) in [5, 5.41) is 15.2. The second kappa shape index (κ2) is 16.7. The number of hydrogen-bond acceptors (Lipinski definition) is 7. The van der Waals surface area contributed by atoms with Crippen molar-refractivity contribution >= 4 is 17.7 Å². The molecule has 5 atom stereocenters. The van der Waals surface area contributed by atoms with Gasteiger partial charge in [0.15, 0.2) is 6.29 Å². The maximum Gasteiger partial charge on any atom is 0.328 e. The van der Waals surface area contributed by atoms with E-state index in [2.05, 4.69) is 22.5 Å². The average molecular weight is 630 g/mol. The smallest absolute Gasteiger partial charge is 0.328 e. The number of esters is 1. The van der Waals surface area contributed by atoms with Crippen LogP contribution in [0.3, 0.4) is 0 Å². The van der Waals surface area contributed by atoms with Gasteiger partial charge < -0.3 is 34.9 Å². The molecule has 3 N–H and O–H groups in total. The van der Waals surface area contributed by atoms with Gasteiger partial charge in [0.25, 0.3) is 0 Å². The number of benzene rings is 3. The number of aliphatic hydroxyl groups excluding tert-OH is 1. The van der Waals surface area contributed by atoms with Crippen LogP contribution in [0.25, 0.3) is 0 Å². The van der Waals surface area contributed by atoms with E-state index in [1.807, 2.05) is 72.8 Å². The van der Waals surface area contributed by atoms with Crippen LogP contribution in [0.4, 0.5) is 10.5 Å². The molecule has 3 aromatic rings. The van der Waals surface area contributed by atoms with Crippen LogP contribution >= 0.6 is 0 Å². The zero-order chi connectivity index (χ0) is 32.3. The molecule has 2 aliphatic heterocycles. The van der Waals surface area contributed by atoms with Gasteiger partial charge in [0, 0.05) is 30.1 Å². The molecule has 0 aromatic heterocycles. The summed E-state index contributed by atoms with van der Waals surface area (Å²) in [6.07, 6.45) is 5.61. The minimum atomic E-state index is -0.843. The van der Waals surface area contributed by atoms with Crippen molar-refractivity contribution in [2.45, 2.75) is 76.6 Å². The Morgan fingerprint density at radius 3 is 2.30 bits per heavy atom. The van der Waals surface area contributed by atoms with Crippen LogP contribution < -0.4 is 10.6 Å². The first-order chi connectivity index (χ1) is 22.4. The molecule has 9 heteroatoms. The lowest BCUT2D eigenvalue weighted by Crippen LogP contribution is -2.45. The van der Waals surface area contributed by atoms with Crippen LogP contribution in [0, 0.1) is 5.92 Å². The molecule has 0 unspecified atom stereocenters. The van der Waals surface area contributed by atoms with Gasteiger partial charge >= 0.3 is 12.0 Å². The fraction of sp³-hybridized carbons (Fsp3) is 0.459. The van der Waals surface area contributed by atoms with Gasteiger partial charge in [-0.1, -0.05) is 92.9 Å². The van der Waals surface area contributed by atoms with Gasteiger partial charge in [-0.25, -0.2) is 9.59 Å². The molecule has 5 rings (SSSR count). The number of anilines is 1. The van der Waals surface area contributed by atoms with Gasteiger partial charge in [0.05, 0.1) is 25.9 Å². The lowest BCUT2D eigenvalue weighted by molar-refractivity contribution is -0.276. The quantitative estimate of drug-likeness (QED) is 0.231. The van der Waals surface area contributed by atoms with Crippen LogP contribution in [0.5, 0.6) is 0 Å². The van der Waals surface area contributed by atoms with Crippen LogP contribution in [-0.4, -0.2) is 60.9 Å². The van der Waals surface area contributed by atoms with Crippen molar-refractivity contribution in [3.8, 4) is 0 Å². The predicted molar refractivity (Wildman–Crippen MR) is 177 cm³/mol. The highest BCUT2D eigenvalue weighted by Gasteiger charge is 2.39. The van der Waals surface area contributed by atoms with E-state index < -0.39 is 24.3 Å². The molecule has 0 aliphatic carbocycles. The van der Waals surface area contributed by atoms with Crippen molar-refractivity contribution in [1.82, 2.24) is 10.2 Å². The van der Waals surface area contributed by atoms with Crippen LogP contribution in [-0.2, 0) is 32.0 Å². The van der Waals surface area contributed by atoms with Gasteiger partial charge in [0.2, 0.25) is 0 Å². The number of carbonyl (C=O) groups excluding carboxylic acids is 2. The van der Waals surface area contributed by atoms with Crippen molar-refractivity contribution in [2.75, 3.05) is 32.1 Å². The van der Waals surface area contributed by atoms with Crippen molar-refractivity contribution in [1.29, 1.82) is 0 Å². The van der Waals surface area contributed by atoms with Gasteiger partial charge in [-0.2, -0.15) is 0 Å². The summed E-state index contributed by atoms with van der Waals surface area (Å²) in [5.74, 6) is -0.427. The molecular formula is C37H47N3O6. The van der Waals surface area contributed by atoms with E-state index in [1.165, 1.54) is 39.2 Å². The topological polar surface area (TPSA) is 109 Å². The van der Waals surface area contributed by atoms with E-state index in [4.69, 9.17) is 14.2 Å². The Kier molecular flexibility index (Phi) is 12.2. The zero-order valence-electron chi connectivity index (χ0n) is 26.9. The Morgan fingerprint density at radius 2 is 1.61 bits per heavy atom. The molecule has 0 radical (unpaired) electrons. The number of urea groups is 1. The van der Waals surface area contributed by atoms with Crippen molar-refractivity contribution < 1.29 is 28.9 Å². The summed E-state index contributed by atoms with van der Waals surface area (Å²) in [6.45, 7) is 5.14. The molecule has 0 saturated carbocycles. The van der Waals surface area contributed by atoms with E-state index >= 15 is 0 Å². The largest absolute Gasteiger partial charge is 0.467 e. The Hall–Kier alpha value is -3.76. The minimum Gasteiger partial charge on any atom is -0.467 e. The SMILES string of the molecule is COC(=O)[C@H](Cc1ccccc1)NC(=O)Nc1cccc([C@H]2O[C@@H](CN3CCCCCCC3)[C@@H](C)[C@@H](c3ccc(CO)cc3)O2)c1. The molecule has 3 aromatic carbocycles. The minimum absolute atomic E-state index is 0.00925. The van der Waals surface area contributed by atoms with E-state index in [0.29, 0.717) is 12.1 Å². The molecule has 2 heterocycles. The number of nitrogens with zero attached hydrogens (tertiary/aromatic N) is 1. The summed E-state index contributed by atoms with van der Waals surface area (Å²) in [6, 6.07) is 23.5. The van der Waals surface area contributed by atoms with Crippen molar-refractivity contribution in [3.05, 3.63) is 101 Å². The third-order valence-electron chi connectivity index (χ3n) is 9.00. The number of rotatable bonds is 10. The molecule has 0 spiro atoms. The summed E-state index contributed by atoms with van der Waals surface area (Å²) in [4.78, 5) is 28.1. The zero-order valence-corrected chi connectivity index (χ0v) is 26.9. The van der Waals surface area contributed by atoms with Gasteiger partial charge in [-0.3, -0.25) is 0 Å². The maximum atomic E-state index is 13.1. The normalized spacial score (nSPS) is 23.0. The first kappa shape index (κ1) is 33.6. The number of ether oxygens (including phenoxy) is 3. The standard InChI is InChI=1S/C37H47N3O6/c1-26-33(24-40-20-9-4-3-5-10-21-40)45-36(46-34(26)29-18-16-28(25-41)17-19-29)30-14-11-15-31(23-30)38-37(43)39-32(35(42)44-2)22-27-12-7-6-8-13-27/h6-8,11-19,23,26,32-34,36,41H,3-5,9-10,20-22,24-25H2,1-2H3,(H2,38,39,43)/t26-,32+,33+,34+,36+/m1/s1. The number of likely N-dealkylation sites (tertiary alicyclic amines) is 1. The molecule has 246 valence electrons. The number of nitrogens with one attached hydrogen (secondary N) is 2.